The van der Waals surface area contributed by atoms with Crippen LogP contribution in [0, 0.1) is 5.92 Å². The fraction of sp³-hybridized carbons (Fsp3) is 0.750. The lowest BCUT2D eigenvalue weighted by Gasteiger charge is -2.04. The number of rotatable bonds is 10. The number of esters is 2. The summed E-state index contributed by atoms with van der Waals surface area (Å²) in [5.74, 6) is -0.821. The highest BCUT2D eigenvalue weighted by Gasteiger charge is 2.32. The molecule has 0 amide bonds. The van der Waals surface area contributed by atoms with Gasteiger partial charge in [0.1, 0.15) is 0 Å². The predicted molar refractivity (Wildman–Crippen MR) is 75.6 cm³/mol. The molecule has 1 fully saturated rings. The summed E-state index contributed by atoms with van der Waals surface area (Å²) in [6.45, 7) is 2.06. The van der Waals surface area contributed by atoms with E-state index in [4.69, 9.17) is 0 Å². The summed E-state index contributed by atoms with van der Waals surface area (Å²) in [5.41, 5.74) is 0. The first-order chi connectivity index (χ1) is 9.24. The van der Waals surface area contributed by atoms with E-state index in [2.05, 4.69) is 23.8 Å². The molecule has 1 aliphatic rings. The SMILES string of the molecule is C/C=C\CCCCCCCCC[C@@H]1CC(=O)OC1=O. The fourth-order valence-electron chi connectivity index (χ4n) is 2.45. The van der Waals surface area contributed by atoms with Gasteiger partial charge in [-0.1, -0.05) is 50.7 Å². The Balaban J connectivity index is 1.86. The van der Waals surface area contributed by atoms with Crippen molar-refractivity contribution >= 4 is 11.9 Å². The zero-order valence-electron chi connectivity index (χ0n) is 12.0. The second-order valence-corrected chi connectivity index (χ2v) is 5.32. The van der Waals surface area contributed by atoms with Crippen molar-refractivity contribution < 1.29 is 14.3 Å². The number of ether oxygens (including phenoxy) is 1. The highest BCUT2D eigenvalue weighted by molar-refractivity contribution is 5.94. The summed E-state index contributed by atoms with van der Waals surface area (Å²) in [6.07, 6.45) is 15.3. The maximum atomic E-state index is 11.2. The van der Waals surface area contributed by atoms with Gasteiger partial charge in [0.15, 0.2) is 0 Å². The van der Waals surface area contributed by atoms with Crippen molar-refractivity contribution in [2.24, 2.45) is 5.92 Å². The Hall–Kier alpha value is -1.12. The van der Waals surface area contributed by atoms with Crippen molar-refractivity contribution in [2.45, 2.75) is 71.1 Å². The van der Waals surface area contributed by atoms with E-state index >= 15 is 0 Å². The summed E-state index contributed by atoms with van der Waals surface area (Å²) in [6, 6.07) is 0. The maximum absolute atomic E-state index is 11.2. The van der Waals surface area contributed by atoms with Gasteiger partial charge in [0.2, 0.25) is 0 Å². The van der Waals surface area contributed by atoms with E-state index in [1.165, 1.54) is 38.5 Å². The van der Waals surface area contributed by atoms with Crippen LogP contribution in [0.2, 0.25) is 0 Å². The lowest BCUT2D eigenvalue weighted by atomic mass is 9.99. The molecule has 0 unspecified atom stereocenters. The Morgan fingerprint density at radius 2 is 1.68 bits per heavy atom. The van der Waals surface area contributed by atoms with E-state index in [1.807, 2.05) is 0 Å². The fourth-order valence-corrected chi connectivity index (χ4v) is 2.45. The Morgan fingerprint density at radius 1 is 1.05 bits per heavy atom. The third kappa shape index (κ3) is 7.14. The smallest absolute Gasteiger partial charge is 0.317 e. The summed E-state index contributed by atoms with van der Waals surface area (Å²) in [5, 5.41) is 0. The molecule has 19 heavy (non-hydrogen) atoms. The molecule has 1 heterocycles. The summed E-state index contributed by atoms with van der Waals surface area (Å²) >= 11 is 0. The number of hydrogen-bond acceptors (Lipinski definition) is 3. The normalized spacial score (nSPS) is 19.3. The topological polar surface area (TPSA) is 43.4 Å². The molecule has 0 saturated carbocycles. The first-order valence-electron chi connectivity index (χ1n) is 7.59. The monoisotopic (exact) mass is 266 g/mol. The van der Waals surface area contributed by atoms with Gasteiger partial charge in [-0.3, -0.25) is 9.59 Å². The molecule has 3 nitrogen and oxygen atoms in total. The molecule has 1 aliphatic heterocycles. The van der Waals surface area contributed by atoms with Gasteiger partial charge < -0.3 is 4.74 Å². The third-order valence-corrected chi connectivity index (χ3v) is 3.62. The summed E-state index contributed by atoms with van der Waals surface area (Å²) in [4.78, 5) is 22.1. The number of unbranched alkanes of at least 4 members (excludes halogenated alkanes) is 7. The number of carbonyl (C=O) groups is 2. The van der Waals surface area contributed by atoms with Crippen LogP contribution < -0.4 is 0 Å². The molecule has 0 aromatic carbocycles. The van der Waals surface area contributed by atoms with Gasteiger partial charge in [-0.15, -0.1) is 0 Å². The van der Waals surface area contributed by atoms with Crippen molar-refractivity contribution in [3.8, 4) is 0 Å². The molecule has 0 aliphatic carbocycles. The van der Waals surface area contributed by atoms with Gasteiger partial charge in [-0.05, 0) is 26.2 Å². The van der Waals surface area contributed by atoms with Gasteiger partial charge in [0, 0.05) is 0 Å². The van der Waals surface area contributed by atoms with Crippen molar-refractivity contribution in [1.82, 2.24) is 0 Å². The van der Waals surface area contributed by atoms with Crippen LogP contribution in [0.25, 0.3) is 0 Å². The molecule has 0 spiro atoms. The second-order valence-electron chi connectivity index (χ2n) is 5.32. The van der Waals surface area contributed by atoms with E-state index in [9.17, 15) is 9.59 Å². The van der Waals surface area contributed by atoms with Gasteiger partial charge in [0.25, 0.3) is 0 Å². The number of cyclic esters (lactones) is 2. The van der Waals surface area contributed by atoms with Crippen LogP contribution in [0.3, 0.4) is 0 Å². The minimum atomic E-state index is -0.351. The molecule has 1 rings (SSSR count). The van der Waals surface area contributed by atoms with E-state index < -0.39 is 0 Å². The average molecular weight is 266 g/mol. The second kappa shape index (κ2) is 9.76. The van der Waals surface area contributed by atoms with Gasteiger partial charge in [0.05, 0.1) is 12.3 Å². The summed E-state index contributed by atoms with van der Waals surface area (Å²) in [7, 11) is 0. The van der Waals surface area contributed by atoms with E-state index in [0.717, 1.165) is 19.3 Å². The van der Waals surface area contributed by atoms with Gasteiger partial charge in [-0.2, -0.15) is 0 Å². The molecule has 0 N–H and O–H groups in total. The molecule has 1 saturated heterocycles. The zero-order valence-corrected chi connectivity index (χ0v) is 12.0. The van der Waals surface area contributed by atoms with Crippen LogP contribution in [-0.4, -0.2) is 11.9 Å². The highest BCUT2D eigenvalue weighted by Crippen LogP contribution is 2.22. The lowest BCUT2D eigenvalue weighted by Crippen LogP contribution is -2.06. The van der Waals surface area contributed by atoms with Crippen LogP contribution in [0.15, 0.2) is 12.2 Å². The molecule has 1 atom stereocenters. The average Bonchev–Trinajstić information content (AvgIpc) is 2.70. The Labute approximate surface area is 116 Å². The predicted octanol–water partition coefficient (Wildman–Crippen LogP) is 4.16. The standard InChI is InChI=1S/C16H26O3/c1-2-3-4-5-6-7-8-9-10-11-12-14-13-15(17)19-16(14)18/h2-3,14H,4-13H2,1H3/b3-2-/t14-/m1/s1. The molecular formula is C16H26O3. The molecule has 0 bridgehead atoms. The molecule has 108 valence electrons. The van der Waals surface area contributed by atoms with Gasteiger partial charge in [-0.25, -0.2) is 0 Å². The van der Waals surface area contributed by atoms with E-state index in [1.54, 1.807) is 0 Å². The number of hydrogen-bond donors (Lipinski definition) is 0. The minimum Gasteiger partial charge on any atom is -0.393 e. The first kappa shape index (κ1) is 15.9. The number of allylic oxidation sites excluding steroid dienone is 2. The minimum absolute atomic E-state index is 0.159. The van der Waals surface area contributed by atoms with E-state index in [-0.39, 0.29) is 17.9 Å². The van der Waals surface area contributed by atoms with Crippen LogP contribution in [0.1, 0.15) is 71.1 Å². The van der Waals surface area contributed by atoms with Crippen molar-refractivity contribution in [3.05, 3.63) is 12.2 Å². The lowest BCUT2D eigenvalue weighted by molar-refractivity contribution is -0.153. The molecular weight excluding hydrogens is 240 g/mol. The molecule has 3 heteroatoms. The Kier molecular flexibility index (Phi) is 8.19. The van der Waals surface area contributed by atoms with Crippen LogP contribution in [-0.2, 0) is 14.3 Å². The molecule has 0 aromatic rings. The zero-order chi connectivity index (χ0) is 13.9. The first-order valence-corrected chi connectivity index (χ1v) is 7.59. The van der Waals surface area contributed by atoms with Crippen molar-refractivity contribution in [1.29, 1.82) is 0 Å². The van der Waals surface area contributed by atoms with Crippen molar-refractivity contribution in [3.63, 3.8) is 0 Å². The molecule has 0 aromatic heterocycles. The van der Waals surface area contributed by atoms with Crippen LogP contribution >= 0.6 is 0 Å². The van der Waals surface area contributed by atoms with Crippen molar-refractivity contribution in [2.75, 3.05) is 0 Å². The number of carbonyl (C=O) groups excluding carboxylic acids is 2. The van der Waals surface area contributed by atoms with Crippen LogP contribution in [0.5, 0.6) is 0 Å². The summed E-state index contributed by atoms with van der Waals surface area (Å²) < 4.78 is 4.53. The molecule has 0 radical (unpaired) electrons. The largest absolute Gasteiger partial charge is 0.393 e. The van der Waals surface area contributed by atoms with E-state index in [0.29, 0.717) is 6.42 Å². The maximum Gasteiger partial charge on any atom is 0.317 e. The Bertz CT molecular complexity index is 307. The highest BCUT2D eigenvalue weighted by atomic mass is 16.6. The third-order valence-electron chi connectivity index (χ3n) is 3.62. The quantitative estimate of drug-likeness (QED) is 0.258. The van der Waals surface area contributed by atoms with Crippen LogP contribution in [0.4, 0.5) is 0 Å². The Morgan fingerprint density at radius 3 is 2.26 bits per heavy atom. The van der Waals surface area contributed by atoms with Gasteiger partial charge >= 0.3 is 11.9 Å².